The molecule has 0 amide bonds. The Labute approximate surface area is 472 Å². The highest BCUT2D eigenvalue weighted by atomic mass is 16.6. The summed E-state index contributed by atoms with van der Waals surface area (Å²) in [5, 5.41) is 0. The molecule has 0 radical (unpaired) electrons. The Bertz CT molecular complexity index is 1400. The third kappa shape index (κ3) is 61.7. The lowest BCUT2D eigenvalue weighted by molar-refractivity contribution is -0.167. The van der Waals surface area contributed by atoms with Crippen molar-refractivity contribution >= 4 is 17.9 Å². The minimum atomic E-state index is -0.787. The summed E-state index contributed by atoms with van der Waals surface area (Å²) in [5.74, 6) is -0.891. The van der Waals surface area contributed by atoms with Gasteiger partial charge in [0.1, 0.15) is 13.2 Å². The number of esters is 3. The Morgan fingerprint density at radius 3 is 0.816 bits per heavy atom. The normalized spacial score (nSPS) is 12.5. The van der Waals surface area contributed by atoms with E-state index < -0.39 is 6.10 Å². The summed E-state index contributed by atoms with van der Waals surface area (Å²) in [6, 6.07) is 0. The van der Waals surface area contributed by atoms with Crippen molar-refractivity contribution in [3.63, 3.8) is 0 Å². The second kappa shape index (κ2) is 64.4. The Hall–Kier alpha value is -3.15. The van der Waals surface area contributed by atoms with Gasteiger partial charge in [0.15, 0.2) is 6.10 Å². The van der Waals surface area contributed by atoms with E-state index in [0.717, 1.165) is 116 Å². The van der Waals surface area contributed by atoms with Gasteiger partial charge in [0.2, 0.25) is 0 Å². The van der Waals surface area contributed by atoms with Crippen LogP contribution in [0, 0.1) is 0 Å². The van der Waals surface area contributed by atoms with Gasteiger partial charge in [-0.05, 0) is 89.9 Å². The largest absolute Gasteiger partial charge is 0.462 e. The summed E-state index contributed by atoms with van der Waals surface area (Å²) in [6.07, 6.45) is 83.4. The van der Waals surface area contributed by atoms with Gasteiger partial charge in [-0.25, -0.2) is 0 Å². The quantitative estimate of drug-likeness (QED) is 0.0261. The Balaban J connectivity index is 4.39. The number of allylic oxidation sites excluding steroid dienone is 12. The number of hydrogen-bond donors (Lipinski definition) is 0. The van der Waals surface area contributed by atoms with E-state index in [1.54, 1.807) is 0 Å². The molecule has 0 aromatic rings. The Kier molecular flexibility index (Phi) is 61.7. The molecule has 0 aromatic heterocycles. The van der Waals surface area contributed by atoms with Crippen molar-refractivity contribution in [2.24, 2.45) is 0 Å². The maximum atomic E-state index is 12.9. The molecule has 0 saturated carbocycles. The molecule has 0 heterocycles. The van der Waals surface area contributed by atoms with Crippen LogP contribution < -0.4 is 0 Å². The van der Waals surface area contributed by atoms with Crippen molar-refractivity contribution in [3.05, 3.63) is 72.9 Å². The first-order valence-electron chi connectivity index (χ1n) is 32.9. The molecule has 0 aliphatic rings. The van der Waals surface area contributed by atoms with E-state index in [9.17, 15) is 14.4 Å². The summed E-state index contributed by atoms with van der Waals surface area (Å²) in [6.45, 7) is 6.55. The maximum absolute atomic E-state index is 12.9. The van der Waals surface area contributed by atoms with E-state index in [4.69, 9.17) is 14.2 Å². The monoisotopic (exact) mass is 1060 g/mol. The summed E-state index contributed by atoms with van der Waals surface area (Å²) in [4.78, 5) is 38.4. The Morgan fingerprint density at radius 1 is 0.276 bits per heavy atom. The van der Waals surface area contributed by atoms with Crippen LogP contribution in [0.25, 0.3) is 0 Å². The summed E-state index contributed by atoms with van der Waals surface area (Å²) < 4.78 is 16.9. The van der Waals surface area contributed by atoms with Crippen molar-refractivity contribution in [1.29, 1.82) is 0 Å². The van der Waals surface area contributed by atoms with Gasteiger partial charge in [-0.2, -0.15) is 0 Å². The molecule has 0 spiro atoms. The van der Waals surface area contributed by atoms with Crippen molar-refractivity contribution in [2.75, 3.05) is 13.2 Å². The van der Waals surface area contributed by atoms with Crippen LogP contribution in [0.1, 0.15) is 335 Å². The molecule has 1 unspecified atom stereocenters. The zero-order valence-corrected chi connectivity index (χ0v) is 50.5. The van der Waals surface area contributed by atoms with Crippen LogP contribution in [0.4, 0.5) is 0 Å². The molecule has 0 bridgehead atoms. The molecule has 0 saturated heterocycles. The van der Waals surface area contributed by atoms with Crippen molar-refractivity contribution in [3.8, 4) is 0 Å². The number of hydrogen-bond acceptors (Lipinski definition) is 6. The molecule has 1 atom stereocenters. The third-order valence-corrected chi connectivity index (χ3v) is 14.4. The van der Waals surface area contributed by atoms with Gasteiger partial charge in [0.25, 0.3) is 0 Å². The topological polar surface area (TPSA) is 78.9 Å². The second-order valence-corrected chi connectivity index (χ2v) is 22.0. The van der Waals surface area contributed by atoms with Crippen molar-refractivity contribution in [2.45, 2.75) is 341 Å². The number of unbranched alkanes of at least 4 members (excludes halogenated alkanes) is 37. The zero-order chi connectivity index (χ0) is 55.0. The predicted octanol–water partition coefficient (Wildman–Crippen LogP) is 22.5. The number of carbonyl (C=O) groups excluding carboxylic acids is 3. The molecule has 6 heteroatoms. The lowest BCUT2D eigenvalue weighted by Crippen LogP contribution is -2.30. The van der Waals surface area contributed by atoms with E-state index in [1.165, 1.54) is 180 Å². The van der Waals surface area contributed by atoms with Crippen LogP contribution in [0.3, 0.4) is 0 Å². The van der Waals surface area contributed by atoms with E-state index in [0.29, 0.717) is 19.3 Å². The molecule has 0 aromatic carbocycles. The first-order valence-corrected chi connectivity index (χ1v) is 32.9. The molecule has 0 rings (SSSR count). The summed E-state index contributed by atoms with van der Waals surface area (Å²) in [7, 11) is 0. The number of ether oxygens (including phenoxy) is 3. The molecule has 76 heavy (non-hydrogen) atoms. The summed E-state index contributed by atoms with van der Waals surface area (Å²) in [5.41, 5.74) is 0. The lowest BCUT2D eigenvalue weighted by atomic mass is 10.0. The minimum absolute atomic E-state index is 0.0831. The van der Waals surface area contributed by atoms with E-state index in [-0.39, 0.29) is 31.1 Å². The fourth-order valence-corrected chi connectivity index (χ4v) is 9.53. The van der Waals surface area contributed by atoms with E-state index in [1.807, 2.05) is 0 Å². The number of rotatable bonds is 60. The fourth-order valence-electron chi connectivity index (χ4n) is 9.53. The highest BCUT2D eigenvalue weighted by molar-refractivity contribution is 5.71. The van der Waals surface area contributed by atoms with Gasteiger partial charge in [0.05, 0.1) is 0 Å². The summed E-state index contributed by atoms with van der Waals surface area (Å²) >= 11 is 0. The van der Waals surface area contributed by atoms with Crippen molar-refractivity contribution < 1.29 is 28.6 Å². The van der Waals surface area contributed by atoms with Crippen LogP contribution in [0.15, 0.2) is 72.9 Å². The molecular formula is C70H124O6. The second-order valence-electron chi connectivity index (χ2n) is 22.0. The predicted molar refractivity (Wildman–Crippen MR) is 330 cm³/mol. The standard InChI is InChI=1S/C70H124O6/c1-4-7-10-13-16-19-22-25-28-31-33-35-37-39-42-45-48-51-54-57-60-63-69(72)75-66-67(65-74-68(71)62-59-56-53-50-47-44-41-30-27-24-21-18-15-12-9-6-3)76-70(73)64-61-58-55-52-49-46-43-40-38-36-34-32-29-26-23-20-17-14-11-8-5-2/h7,10,16,19,25,28,30,33,35,39,41-42,67H,4-6,8-9,11-15,17-18,20-24,26-27,29,31-32,34,36-38,40,43-66H2,1-3H3/b10-7-,19-16-,28-25-,35-33-,41-30-,42-39-. The van der Waals surface area contributed by atoms with Crippen molar-refractivity contribution in [1.82, 2.24) is 0 Å². The fraction of sp³-hybridized carbons (Fsp3) is 0.786. The first kappa shape index (κ1) is 72.8. The molecule has 6 nitrogen and oxygen atoms in total. The molecule has 0 aliphatic carbocycles. The molecule has 0 fully saturated rings. The van der Waals surface area contributed by atoms with Gasteiger partial charge in [0, 0.05) is 19.3 Å². The molecule has 0 aliphatic heterocycles. The van der Waals surface area contributed by atoms with E-state index in [2.05, 4.69) is 93.7 Å². The lowest BCUT2D eigenvalue weighted by Gasteiger charge is -2.18. The smallest absolute Gasteiger partial charge is 0.306 e. The van der Waals surface area contributed by atoms with Gasteiger partial charge in [-0.15, -0.1) is 0 Å². The van der Waals surface area contributed by atoms with Crippen LogP contribution in [-0.4, -0.2) is 37.2 Å². The van der Waals surface area contributed by atoms with Crippen LogP contribution in [-0.2, 0) is 28.6 Å². The van der Waals surface area contributed by atoms with Gasteiger partial charge in [-0.3, -0.25) is 14.4 Å². The highest BCUT2D eigenvalue weighted by Gasteiger charge is 2.19. The Morgan fingerprint density at radius 2 is 0.513 bits per heavy atom. The minimum Gasteiger partial charge on any atom is -0.462 e. The molecular weight excluding hydrogens is 937 g/mol. The average molecular weight is 1060 g/mol. The van der Waals surface area contributed by atoms with Crippen LogP contribution in [0.5, 0.6) is 0 Å². The van der Waals surface area contributed by atoms with Gasteiger partial charge < -0.3 is 14.2 Å². The van der Waals surface area contributed by atoms with E-state index >= 15 is 0 Å². The number of carbonyl (C=O) groups is 3. The third-order valence-electron chi connectivity index (χ3n) is 14.4. The zero-order valence-electron chi connectivity index (χ0n) is 50.5. The SMILES string of the molecule is CC/C=C\C/C=C\C/C=C\C/C=C\C/C=C\CCCCCCCC(=O)OCC(COC(=O)CCCCCCC/C=C\CCCCCCCCC)OC(=O)CCCCCCCCCCCCCCCCCCCCCCC. The highest BCUT2D eigenvalue weighted by Crippen LogP contribution is 2.17. The van der Waals surface area contributed by atoms with Crippen LogP contribution in [0.2, 0.25) is 0 Å². The average Bonchev–Trinajstić information content (AvgIpc) is 3.42. The first-order chi connectivity index (χ1) is 37.5. The maximum Gasteiger partial charge on any atom is 0.306 e. The molecule has 440 valence electrons. The molecule has 0 N–H and O–H groups in total. The van der Waals surface area contributed by atoms with Gasteiger partial charge in [-0.1, -0.05) is 299 Å². The van der Waals surface area contributed by atoms with Gasteiger partial charge >= 0.3 is 17.9 Å². The van der Waals surface area contributed by atoms with Crippen LogP contribution >= 0.6 is 0 Å².